The standard InChI is InChI=1S/C18H21ClN2O3S/c1-4-13(3)20-18(22)14-5-10-17(12(2)11-14)21-25(23,24)16-8-6-15(19)7-9-16/h5-11,13,21H,4H2,1-3H3,(H,20,22). The monoisotopic (exact) mass is 380 g/mol. The lowest BCUT2D eigenvalue weighted by molar-refractivity contribution is 0.0939. The van der Waals surface area contributed by atoms with Crippen molar-refractivity contribution in [3.63, 3.8) is 0 Å². The highest BCUT2D eigenvalue weighted by Gasteiger charge is 2.16. The lowest BCUT2D eigenvalue weighted by Gasteiger charge is -2.14. The maximum absolute atomic E-state index is 12.4. The van der Waals surface area contributed by atoms with E-state index in [4.69, 9.17) is 11.6 Å². The second kappa shape index (κ2) is 7.89. The molecular formula is C18H21ClN2O3S. The van der Waals surface area contributed by atoms with Crippen LogP contribution in [0.15, 0.2) is 47.4 Å². The number of hydrogen-bond acceptors (Lipinski definition) is 3. The van der Waals surface area contributed by atoms with E-state index in [1.807, 2.05) is 13.8 Å². The Hall–Kier alpha value is -2.05. The van der Waals surface area contributed by atoms with Crippen molar-refractivity contribution >= 4 is 33.2 Å². The molecule has 0 aliphatic rings. The van der Waals surface area contributed by atoms with Crippen molar-refractivity contribution in [1.29, 1.82) is 0 Å². The number of halogens is 1. The molecule has 0 saturated heterocycles. The summed E-state index contributed by atoms with van der Waals surface area (Å²) in [6.07, 6.45) is 0.837. The molecule has 0 fully saturated rings. The lowest BCUT2D eigenvalue weighted by atomic mass is 10.1. The molecule has 1 amide bonds. The number of benzene rings is 2. The number of carbonyl (C=O) groups is 1. The Kier molecular flexibility index (Phi) is 6.08. The second-order valence-electron chi connectivity index (χ2n) is 5.87. The fourth-order valence-corrected chi connectivity index (χ4v) is 3.40. The van der Waals surface area contributed by atoms with E-state index in [1.54, 1.807) is 25.1 Å². The molecule has 2 aromatic rings. The van der Waals surface area contributed by atoms with E-state index in [9.17, 15) is 13.2 Å². The molecule has 0 aliphatic heterocycles. The number of amides is 1. The first-order valence-electron chi connectivity index (χ1n) is 7.93. The summed E-state index contributed by atoms with van der Waals surface area (Å²) >= 11 is 5.79. The highest BCUT2D eigenvalue weighted by molar-refractivity contribution is 7.92. The van der Waals surface area contributed by atoms with Crippen molar-refractivity contribution in [2.75, 3.05) is 4.72 Å². The van der Waals surface area contributed by atoms with Gasteiger partial charge in [-0.2, -0.15) is 0 Å². The summed E-state index contributed by atoms with van der Waals surface area (Å²) in [7, 11) is -3.72. The SMILES string of the molecule is CCC(C)NC(=O)c1ccc(NS(=O)(=O)c2ccc(Cl)cc2)c(C)c1. The fraction of sp³-hybridized carbons (Fsp3) is 0.278. The van der Waals surface area contributed by atoms with E-state index in [-0.39, 0.29) is 16.8 Å². The molecule has 1 unspecified atom stereocenters. The highest BCUT2D eigenvalue weighted by atomic mass is 35.5. The Morgan fingerprint density at radius 2 is 1.80 bits per heavy atom. The van der Waals surface area contributed by atoms with Gasteiger partial charge in [-0.25, -0.2) is 8.42 Å². The van der Waals surface area contributed by atoms with E-state index in [2.05, 4.69) is 10.0 Å². The lowest BCUT2D eigenvalue weighted by Crippen LogP contribution is -2.31. The summed E-state index contributed by atoms with van der Waals surface area (Å²) in [5.41, 5.74) is 1.58. The first-order valence-corrected chi connectivity index (χ1v) is 9.79. The van der Waals surface area contributed by atoms with Gasteiger partial charge in [0.05, 0.1) is 10.6 Å². The minimum atomic E-state index is -3.72. The van der Waals surface area contributed by atoms with Crippen LogP contribution in [-0.2, 0) is 10.0 Å². The van der Waals surface area contributed by atoms with Crippen molar-refractivity contribution in [3.05, 3.63) is 58.6 Å². The minimum absolute atomic E-state index is 0.0795. The summed E-state index contributed by atoms with van der Waals surface area (Å²) in [4.78, 5) is 12.3. The molecule has 0 aliphatic carbocycles. The summed E-state index contributed by atoms with van der Waals surface area (Å²) in [5.74, 6) is -0.176. The third kappa shape index (κ3) is 4.96. The second-order valence-corrected chi connectivity index (χ2v) is 7.99. The van der Waals surface area contributed by atoms with Gasteiger partial charge in [-0.15, -0.1) is 0 Å². The van der Waals surface area contributed by atoms with Gasteiger partial charge in [-0.3, -0.25) is 9.52 Å². The predicted molar refractivity (Wildman–Crippen MR) is 101 cm³/mol. The van der Waals surface area contributed by atoms with Crippen LogP contribution in [0.5, 0.6) is 0 Å². The molecular weight excluding hydrogens is 360 g/mol. The first kappa shape index (κ1) is 19.3. The molecule has 0 bridgehead atoms. The third-order valence-corrected chi connectivity index (χ3v) is 5.48. The zero-order valence-electron chi connectivity index (χ0n) is 14.3. The van der Waals surface area contributed by atoms with Crippen molar-refractivity contribution in [1.82, 2.24) is 5.32 Å². The Balaban J connectivity index is 2.21. The summed E-state index contributed by atoms with van der Waals surface area (Å²) < 4.78 is 27.4. The zero-order chi connectivity index (χ0) is 18.6. The summed E-state index contributed by atoms with van der Waals surface area (Å²) in [6, 6.07) is 10.9. The number of aryl methyl sites for hydroxylation is 1. The zero-order valence-corrected chi connectivity index (χ0v) is 15.9. The molecule has 1 atom stereocenters. The van der Waals surface area contributed by atoms with E-state index < -0.39 is 10.0 Å². The minimum Gasteiger partial charge on any atom is -0.350 e. The summed E-state index contributed by atoms with van der Waals surface area (Å²) in [5, 5.41) is 3.35. The molecule has 2 aromatic carbocycles. The van der Waals surface area contributed by atoms with Gasteiger partial charge in [0.2, 0.25) is 0 Å². The Morgan fingerprint density at radius 1 is 1.16 bits per heavy atom. The van der Waals surface area contributed by atoms with Crippen LogP contribution in [0.1, 0.15) is 36.2 Å². The van der Waals surface area contributed by atoms with Crippen LogP contribution >= 0.6 is 11.6 Å². The molecule has 134 valence electrons. The topological polar surface area (TPSA) is 75.3 Å². The van der Waals surface area contributed by atoms with E-state index in [0.717, 1.165) is 6.42 Å². The number of hydrogen-bond donors (Lipinski definition) is 2. The Labute approximate surface area is 153 Å². The van der Waals surface area contributed by atoms with E-state index in [0.29, 0.717) is 21.8 Å². The average Bonchev–Trinajstić information content (AvgIpc) is 2.56. The molecule has 0 saturated carbocycles. The van der Waals surface area contributed by atoms with Gasteiger partial charge < -0.3 is 5.32 Å². The largest absolute Gasteiger partial charge is 0.350 e. The van der Waals surface area contributed by atoms with Crippen LogP contribution < -0.4 is 10.0 Å². The molecule has 25 heavy (non-hydrogen) atoms. The molecule has 5 nitrogen and oxygen atoms in total. The van der Waals surface area contributed by atoms with Gasteiger partial charge in [0.25, 0.3) is 15.9 Å². The van der Waals surface area contributed by atoms with Crippen LogP contribution in [0.25, 0.3) is 0 Å². The fourth-order valence-electron chi connectivity index (χ4n) is 2.15. The molecule has 2 N–H and O–H groups in total. The van der Waals surface area contributed by atoms with Gasteiger partial charge >= 0.3 is 0 Å². The predicted octanol–water partition coefficient (Wildman–Crippen LogP) is 3.98. The van der Waals surface area contributed by atoms with Crippen molar-refractivity contribution in [3.8, 4) is 0 Å². The Bertz CT molecular complexity index is 864. The smallest absolute Gasteiger partial charge is 0.261 e. The normalized spacial score (nSPS) is 12.5. The van der Waals surface area contributed by atoms with Crippen molar-refractivity contribution in [2.24, 2.45) is 0 Å². The van der Waals surface area contributed by atoms with Gasteiger partial charge in [0.1, 0.15) is 0 Å². The highest BCUT2D eigenvalue weighted by Crippen LogP contribution is 2.22. The van der Waals surface area contributed by atoms with Crippen molar-refractivity contribution < 1.29 is 13.2 Å². The number of rotatable bonds is 6. The molecule has 0 radical (unpaired) electrons. The summed E-state index contributed by atoms with van der Waals surface area (Å²) in [6.45, 7) is 5.67. The van der Waals surface area contributed by atoms with Crippen LogP contribution in [-0.4, -0.2) is 20.4 Å². The van der Waals surface area contributed by atoms with Crippen LogP contribution in [0.4, 0.5) is 5.69 Å². The van der Waals surface area contributed by atoms with Gasteiger partial charge in [-0.05, 0) is 68.3 Å². The maximum Gasteiger partial charge on any atom is 0.261 e. The molecule has 0 aromatic heterocycles. The van der Waals surface area contributed by atoms with E-state index >= 15 is 0 Å². The number of carbonyl (C=O) groups excluding carboxylic acids is 1. The van der Waals surface area contributed by atoms with Gasteiger partial charge in [0.15, 0.2) is 0 Å². The van der Waals surface area contributed by atoms with Gasteiger partial charge in [0, 0.05) is 16.6 Å². The van der Waals surface area contributed by atoms with Gasteiger partial charge in [-0.1, -0.05) is 18.5 Å². The number of anilines is 1. The number of sulfonamides is 1. The van der Waals surface area contributed by atoms with Crippen LogP contribution in [0.3, 0.4) is 0 Å². The van der Waals surface area contributed by atoms with E-state index in [1.165, 1.54) is 24.3 Å². The quantitative estimate of drug-likeness (QED) is 0.795. The van der Waals surface area contributed by atoms with Crippen LogP contribution in [0.2, 0.25) is 5.02 Å². The Morgan fingerprint density at radius 3 is 2.36 bits per heavy atom. The maximum atomic E-state index is 12.4. The van der Waals surface area contributed by atoms with Crippen molar-refractivity contribution in [2.45, 2.75) is 38.1 Å². The molecule has 2 rings (SSSR count). The third-order valence-electron chi connectivity index (χ3n) is 3.85. The van der Waals surface area contributed by atoms with Crippen LogP contribution in [0, 0.1) is 6.92 Å². The molecule has 0 heterocycles. The molecule has 0 spiro atoms. The number of nitrogens with one attached hydrogen (secondary N) is 2. The first-order chi connectivity index (χ1) is 11.7. The molecule has 7 heteroatoms. The average molecular weight is 381 g/mol.